The van der Waals surface area contributed by atoms with Gasteiger partial charge in [-0.2, -0.15) is 8.75 Å². The second-order valence-electron chi connectivity index (χ2n) is 1.10. The number of rotatable bonds is 1. The molecule has 0 aromatic carbocycles. The van der Waals surface area contributed by atoms with E-state index in [4.69, 9.17) is 5.11 Å². The summed E-state index contributed by atoms with van der Waals surface area (Å²) in [7, 11) is 0. The van der Waals surface area contributed by atoms with E-state index < -0.39 is 5.97 Å². The number of aromatic carboxylic acids is 1. The van der Waals surface area contributed by atoms with Crippen LogP contribution in [-0.4, -0.2) is 19.8 Å². The molecule has 1 rings (SSSR count). The lowest BCUT2D eigenvalue weighted by molar-refractivity contribution is 0.0691. The van der Waals surface area contributed by atoms with Gasteiger partial charge in [-0.3, -0.25) is 0 Å². The summed E-state index contributed by atoms with van der Waals surface area (Å²) in [5.41, 5.74) is 0.00926. The molecule has 0 amide bonds. The molecule has 1 heterocycles. The lowest BCUT2D eigenvalue weighted by atomic mass is 10.5. The molecule has 0 fully saturated rings. The summed E-state index contributed by atoms with van der Waals surface area (Å²) in [6, 6.07) is 0. The zero-order valence-corrected chi connectivity index (χ0v) is 5.78. The average molecular weight is 167 g/mol. The van der Waals surface area contributed by atoms with E-state index >= 15 is 0 Å². The third kappa shape index (κ3) is 1.95. The van der Waals surface area contributed by atoms with Gasteiger partial charge < -0.3 is 5.11 Å². The molecular formula is C3H3ClN2O2S. The normalized spacial score (nSPS) is 8.00. The minimum atomic E-state index is -1.03. The van der Waals surface area contributed by atoms with Crippen molar-refractivity contribution in [1.82, 2.24) is 8.75 Å². The Balaban J connectivity index is 0.000000640. The lowest BCUT2D eigenvalue weighted by Crippen LogP contribution is -1.94. The number of hydrogen-bond acceptors (Lipinski definition) is 4. The highest BCUT2D eigenvalue weighted by Gasteiger charge is 2.02. The molecule has 0 aliphatic heterocycles. The van der Waals surface area contributed by atoms with Crippen LogP contribution in [0, 0.1) is 0 Å². The van der Waals surface area contributed by atoms with Gasteiger partial charge in [-0.1, -0.05) is 0 Å². The maximum atomic E-state index is 9.97. The summed E-state index contributed by atoms with van der Waals surface area (Å²) < 4.78 is 6.94. The Morgan fingerprint density at radius 3 is 2.67 bits per heavy atom. The van der Waals surface area contributed by atoms with Crippen molar-refractivity contribution in [2.75, 3.05) is 0 Å². The third-order valence-corrected chi connectivity index (χ3v) is 1.06. The van der Waals surface area contributed by atoms with E-state index in [0.717, 1.165) is 11.7 Å². The summed E-state index contributed by atoms with van der Waals surface area (Å²) >= 11 is 0.887. The first-order chi connectivity index (χ1) is 3.80. The summed E-state index contributed by atoms with van der Waals surface area (Å²) in [4.78, 5) is 9.97. The molecule has 0 unspecified atom stereocenters. The Labute approximate surface area is 61.3 Å². The standard InChI is InChI=1S/C3H2N2O2S.ClH/c6-3(7)2-1-4-8-5-2;/h1H,(H,6,7);1H. The van der Waals surface area contributed by atoms with Gasteiger partial charge in [0.15, 0.2) is 5.69 Å². The van der Waals surface area contributed by atoms with Crippen LogP contribution < -0.4 is 0 Å². The van der Waals surface area contributed by atoms with Gasteiger partial charge in [-0.15, -0.1) is 12.4 Å². The van der Waals surface area contributed by atoms with E-state index in [-0.39, 0.29) is 18.1 Å². The van der Waals surface area contributed by atoms with Gasteiger partial charge in [0.05, 0.1) is 17.9 Å². The quantitative estimate of drug-likeness (QED) is 0.666. The maximum Gasteiger partial charge on any atom is 0.357 e. The van der Waals surface area contributed by atoms with E-state index in [1.54, 1.807) is 0 Å². The first-order valence-electron chi connectivity index (χ1n) is 1.81. The Morgan fingerprint density at radius 2 is 2.44 bits per heavy atom. The Kier molecular flexibility index (Phi) is 3.11. The first-order valence-corrected chi connectivity index (χ1v) is 2.54. The zero-order chi connectivity index (χ0) is 5.98. The number of halogens is 1. The Morgan fingerprint density at radius 1 is 1.78 bits per heavy atom. The maximum absolute atomic E-state index is 9.97. The largest absolute Gasteiger partial charge is 0.476 e. The summed E-state index contributed by atoms with van der Waals surface area (Å²) in [6.45, 7) is 0. The highest BCUT2D eigenvalue weighted by molar-refractivity contribution is 6.99. The summed E-state index contributed by atoms with van der Waals surface area (Å²) in [5, 5.41) is 8.18. The van der Waals surface area contributed by atoms with Crippen molar-refractivity contribution >= 4 is 30.1 Å². The third-order valence-electron chi connectivity index (χ3n) is 0.580. The van der Waals surface area contributed by atoms with E-state index in [2.05, 4.69) is 8.75 Å². The van der Waals surface area contributed by atoms with Crippen molar-refractivity contribution in [3.63, 3.8) is 0 Å². The molecule has 0 aliphatic carbocycles. The second kappa shape index (κ2) is 3.37. The molecule has 1 aromatic heterocycles. The monoisotopic (exact) mass is 166 g/mol. The topological polar surface area (TPSA) is 63.1 Å². The van der Waals surface area contributed by atoms with Crippen LogP contribution in [0.4, 0.5) is 0 Å². The van der Waals surface area contributed by atoms with Gasteiger partial charge in [0, 0.05) is 0 Å². The number of hydrogen-bond donors (Lipinski definition) is 1. The molecule has 0 saturated heterocycles. The predicted octanol–water partition coefficient (Wildman–Crippen LogP) is 0.658. The first kappa shape index (κ1) is 8.32. The molecule has 0 spiro atoms. The molecular weight excluding hydrogens is 164 g/mol. The molecule has 0 aliphatic rings. The molecule has 9 heavy (non-hydrogen) atoms. The average Bonchev–Trinajstić information content (AvgIpc) is 2.12. The van der Waals surface area contributed by atoms with Gasteiger partial charge in [-0.25, -0.2) is 4.79 Å². The molecule has 4 nitrogen and oxygen atoms in total. The summed E-state index contributed by atoms with van der Waals surface area (Å²) in [5.74, 6) is -1.03. The molecule has 1 aromatic rings. The van der Waals surface area contributed by atoms with Crippen LogP contribution in [-0.2, 0) is 0 Å². The van der Waals surface area contributed by atoms with Crippen LogP contribution in [0.15, 0.2) is 6.20 Å². The molecule has 0 atom stereocenters. The Bertz CT molecular complexity index is 188. The van der Waals surface area contributed by atoms with Crippen LogP contribution in [0.1, 0.15) is 10.5 Å². The fourth-order valence-electron chi connectivity index (χ4n) is 0.259. The molecule has 0 saturated carbocycles. The van der Waals surface area contributed by atoms with Crippen LogP contribution >= 0.6 is 24.1 Å². The molecule has 50 valence electrons. The van der Waals surface area contributed by atoms with E-state index in [1.165, 1.54) is 6.20 Å². The predicted molar refractivity (Wildman–Crippen MR) is 34.1 cm³/mol. The van der Waals surface area contributed by atoms with Crippen LogP contribution in [0.5, 0.6) is 0 Å². The number of nitrogens with zero attached hydrogens (tertiary/aromatic N) is 2. The minimum Gasteiger partial charge on any atom is -0.476 e. The fourth-order valence-corrected chi connectivity index (χ4v) is 0.666. The van der Waals surface area contributed by atoms with Crippen LogP contribution in [0.25, 0.3) is 0 Å². The fraction of sp³-hybridized carbons (Fsp3) is 0. The van der Waals surface area contributed by atoms with Crippen molar-refractivity contribution in [2.45, 2.75) is 0 Å². The van der Waals surface area contributed by atoms with E-state index in [9.17, 15) is 4.79 Å². The number of carbonyl (C=O) groups is 1. The van der Waals surface area contributed by atoms with Gasteiger partial charge in [0.25, 0.3) is 0 Å². The number of carboxylic acids is 1. The van der Waals surface area contributed by atoms with Gasteiger partial charge in [0.1, 0.15) is 0 Å². The lowest BCUT2D eigenvalue weighted by Gasteiger charge is -1.75. The minimum absolute atomic E-state index is 0. The number of aromatic nitrogens is 2. The SMILES string of the molecule is Cl.O=C(O)c1cnsn1. The smallest absolute Gasteiger partial charge is 0.357 e. The van der Waals surface area contributed by atoms with Crippen LogP contribution in [0.2, 0.25) is 0 Å². The molecule has 0 bridgehead atoms. The van der Waals surface area contributed by atoms with Crippen LogP contribution in [0.3, 0.4) is 0 Å². The highest BCUT2D eigenvalue weighted by atomic mass is 35.5. The van der Waals surface area contributed by atoms with Crippen molar-refractivity contribution < 1.29 is 9.90 Å². The number of carboxylic acid groups (broad SMARTS) is 1. The molecule has 6 heteroatoms. The van der Waals surface area contributed by atoms with Crippen molar-refractivity contribution in [1.29, 1.82) is 0 Å². The molecule has 1 N–H and O–H groups in total. The van der Waals surface area contributed by atoms with Gasteiger partial charge in [-0.05, 0) is 0 Å². The van der Waals surface area contributed by atoms with E-state index in [1.807, 2.05) is 0 Å². The Hall–Kier alpha value is -0.680. The van der Waals surface area contributed by atoms with Crippen molar-refractivity contribution in [2.24, 2.45) is 0 Å². The summed E-state index contributed by atoms with van der Waals surface area (Å²) in [6.07, 6.45) is 1.22. The molecule has 0 radical (unpaired) electrons. The van der Waals surface area contributed by atoms with Gasteiger partial charge >= 0.3 is 5.97 Å². The highest BCUT2D eigenvalue weighted by Crippen LogP contribution is 1.92. The zero-order valence-electron chi connectivity index (χ0n) is 4.14. The van der Waals surface area contributed by atoms with E-state index in [0.29, 0.717) is 0 Å². The second-order valence-corrected chi connectivity index (χ2v) is 1.65. The van der Waals surface area contributed by atoms with Crippen molar-refractivity contribution in [3.05, 3.63) is 11.9 Å². The van der Waals surface area contributed by atoms with Gasteiger partial charge in [0.2, 0.25) is 0 Å². The van der Waals surface area contributed by atoms with Crippen molar-refractivity contribution in [3.8, 4) is 0 Å².